The van der Waals surface area contributed by atoms with E-state index in [1.54, 1.807) is 21.6 Å². The molecule has 5 rings (SSSR count). The lowest BCUT2D eigenvalue weighted by Crippen LogP contribution is -2.43. The third kappa shape index (κ3) is 3.67. The lowest BCUT2D eigenvalue weighted by Gasteiger charge is -2.34. The maximum Gasteiger partial charge on any atom is 0.410 e. The maximum absolute atomic E-state index is 13.9. The van der Waals surface area contributed by atoms with Gasteiger partial charge in [0.25, 0.3) is 5.91 Å². The van der Waals surface area contributed by atoms with Crippen LogP contribution >= 0.6 is 0 Å². The van der Waals surface area contributed by atoms with Crippen LogP contribution in [0.2, 0.25) is 0 Å². The molecule has 0 fully saturated rings. The van der Waals surface area contributed by atoms with Crippen LogP contribution in [0.5, 0.6) is 0 Å². The second-order valence-electron chi connectivity index (χ2n) is 8.77. The Hall–Kier alpha value is -3.70. The van der Waals surface area contributed by atoms with E-state index in [1.807, 2.05) is 27.8 Å². The topological polar surface area (TPSA) is 86.7 Å². The van der Waals surface area contributed by atoms with E-state index in [2.05, 4.69) is 15.3 Å². The molecule has 0 saturated carbocycles. The van der Waals surface area contributed by atoms with Crippen LogP contribution in [0.15, 0.2) is 24.5 Å². The van der Waals surface area contributed by atoms with Gasteiger partial charge in [0.15, 0.2) is 11.7 Å². The van der Waals surface area contributed by atoms with Crippen LogP contribution in [0.25, 0.3) is 22.3 Å². The standard InChI is InChI=1S/C23H25F3N8O/c1-5-9-33-21-20(13(2)30-33)15(11-17(29-21)16-12-28-31(4)14(16)3)22(35)32-10-7-18(23(24,25)26)34-19(32)6-8-27-34/h6,8,11-12,18H,5,7,9-10H2,1-4H3/t18-/m0/s1. The Balaban J connectivity index is 1.68. The van der Waals surface area contributed by atoms with Gasteiger partial charge in [0.2, 0.25) is 0 Å². The summed E-state index contributed by atoms with van der Waals surface area (Å²) in [6.07, 6.45) is -0.934. The van der Waals surface area contributed by atoms with Gasteiger partial charge in [-0.15, -0.1) is 0 Å². The highest BCUT2D eigenvalue weighted by molar-refractivity contribution is 6.14. The van der Waals surface area contributed by atoms with Crippen LogP contribution in [0.1, 0.15) is 47.6 Å². The number of rotatable bonds is 4. The predicted octanol–water partition coefficient (Wildman–Crippen LogP) is 4.21. The first-order valence-corrected chi connectivity index (χ1v) is 11.4. The Morgan fingerprint density at radius 3 is 2.66 bits per heavy atom. The van der Waals surface area contributed by atoms with E-state index in [0.717, 1.165) is 22.4 Å². The number of halogens is 3. The van der Waals surface area contributed by atoms with Gasteiger partial charge in [-0.25, -0.2) is 14.3 Å². The third-order valence-corrected chi connectivity index (χ3v) is 6.52. The molecule has 9 nitrogen and oxygen atoms in total. The van der Waals surface area contributed by atoms with Crippen LogP contribution < -0.4 is 4.90 Å². The molecular formula is C23H25F3N8O. The molecule has 12 heteroatoms. The molecule has 0 spiro atoms. The molecule has 0 N–H and O–H groups in total. The van der Waals surface area contributed by atoms with Gasteiger partial charge in [0.1, 0.15) is 5.82 Å². The van der Waals surface area contributed by atoms with Crippen LogP contribution in [0.4, 0.5) is 19.0 Å². The number of aromatic nitrogens is 7. The van der Waals surface area contributed by atoms with E-state index in [9.17, 15) is 18.0 Å². The fraction of sp³-hybridized carbons (Fsp3) is 0.435. The number of hydrogen-bond donors (Lipinski definition) is 0. The molecule has 0 radical (unpaired) electrons. The van der Waals surface area contributed by atoms with E-state index in [-0.39, 0.29) is 18.8 Å². The van der Waals surface area contributed by atoms with E-state index in [4.69, 9.17) is 4.98 Å². The zero-order chi connectivity index (χ0) is 25.1. The molecule has 0 unspecified atom stereocenters. The number of alkyl halides is 3. The summed E-state index contributed by atoms with van der Waals surface area (Å²) in [6, 6.07) is 1.36. The summed E-state index contributed by atoms with van der Waals surface area (Å²) < 4.78 is 45.1. The van der Waals surface area contributed by atoms with E-state index >= 15 is 0 Å². The zero-order valence-corrected chi connectivity index (χ0v) is 19.8. The summed E-state index contributed by atoms with van der Waals surface area (Å²) in [5.41, 5.74) is 3.74. The number of hydrogen-bond acceptors (Lipinski definition) is 5. The van der Waals surface area contributed by atoms with Gasteiger partial charge in [0.05, 0.1) is 34.7 Å². The first kappa shape index (κ1) is 23.1. The second-order valence-corrected chi connectivity index (χ2v) is 8.77. The summed E-state index contributed by atoms with van der Waals surface area (Å²) in [5, 5.41) is 13.4. The quantitative estimate of drug-likeness (QED) is 0.431. The van der Waals surface area contributed by atoms with Crippen molar-refractivity contribution in [2.45, 2.75) is 52.4 Å². The van der Waals surface area contributed by atoms with Crippen molar-refractivity contribution in [3.05, 3.63) is 41.5 Å². The number of fused-ring (bicyclic) bond motifs is 2. The van der Waals surface area contributed by atoms with Crippen molar-refractivity contribution in [3.63, 3.8) is 0 Å². The summed E-state index contributed by atoms with van der Waals surface area (Å²) in [7, 11) is 1.82. The molecule has 35 heavy (non-hydrogen) atoms. The largest absolute Gasteiger partial charge is 0.410 e. The molecule has 0 aliphatic carbocycles. The fourth-order valence-electron chi connectivity index (χ4n) is 4.68. The average Bonchev–Trinajstić information content (AvgIpc) is 3.50. The Kier molecular flexibility index (Phi) is 5.41. The molecule has 1 aliphatic heterocycles. The van der Waals surface area contributed by atoms with Gasteiger partial charge in [-0.05, 0) is 32.8 Å². The van der Waals surface area contributed by atoms with Gasteiger partial charge >= 0.3 is 6.18 Å². The average molecular weight is 487 g/mol. The number of pyridine rings is 1. The lowest BCUT2D eigenvalue weighted by atomic mass is 10.0. The first-order valence-electron chi connectivity index (χ1n) is 11.4. The Morgan fingerprint density at radius 2 is 2.00 bits per heavy atom. The highest BCUT2D eigenvalue weighted by atomic mass is 19.4. The van der Waals surface area contributed by atoms with Crippen molar-refractivity contribution in [1.82, 2.24) is 34.3 Å². The molecule has 4 aromatic rings. The minimum atomic E-state index is -4.46. The smallest absolute Gasteiger partial charge is 0.293 e. The Labute approximate surface area is 199 Å². The van der Waals surface area contributed by atoms with Crippen molar-refractivity contribution < 1.29 is 18.0 Å². The Morgan fingerprint density at radius 1 is 1.23 bits per heavy atom. The molecule has 0 bridgehead atoms. The van der Waals surface area contributed by atoms with Gasteiger partial charge in [-0.3, -0.25) is 14.4 Å². The van der Waals surface area contributed by atoms with E-state index in [1.165, 1.54) is 17.2 Å². The molecule has 1 atom stereocenters. The van der Waals surface area contributed by atoms with Crippen molar-refractivity contribution in [3.8, 4) is 11.3 Å². The molecule has 0 saturated heterocycles. The van der Waals surface area contributed by atoms with Crippen molar-refractivity contribution in [2.75, 3.05) is 11.4 Å². The summed E-state index contributed by atoms with van der Waals surface area (Å²) in [5.74, 6) is -0.298. The summed E-state index contributed by atoms with van der Waals surface area (Å²) in [4.78, 5) is 20.1. The van der Waals surface area contributed by atoms with Crippen LogP contribution in [-0.4, -0.2) is 53.0 Å². The minimum Gasteiger partial charge on any atom is -0.293 e. The van der Waals surface area contributed by atoms with Gasteiger partial charge in [-0.1, -0.05) is 6.92 Å². The van der Waals surface area contributed by atoms with Crippen LogP contribution in [0, 0.1) is 13.8 Å². The number of nitrogens with zero attached hydrogens (tertiary/aromatic N) is 8. The van der Waals surface area contributed by atoms with Gasteiger partial charge in [-0.2, -0.15) is 28.5 Å². The van der Waals surface area contributed by atoms with Crippen LogP contribution in [-0.2, 0) is 13.6 Å². The highest BCUT2D eigenvalue weighted by Gasteiger charge is 2.46. The molecular weight excluding hydrogens is 461 g/mol. The molecule has 5 heterocycles. The summed E-state index contributed by atoms with van der Waals surface area (Å²) in [6.45, 7) is 6.27. The molecule has 1 aliphatic rings. The van der Waals surface area contributed by atoms with Crippen molar-refractivity contribution in [1.29, 1.82) is 0 Å². The van der Waals surface area contributed by atoms with Crippen molar-refractivity contribution >= 4 is 22.8 Å². The number of amides is 1. The SMILES string of the molecule is CCCn1nc(C)c2c(C(=O)N3CC[C@@H](C(F)(F)F)n4nccc43)cc(-c3cnn(C)c3C)nc21. The number of aryl methyl sites for hydroxylation is 3. The predicted molar refractivity (Wildman–Crippen MR) is 123 cm³/mol. The van der Waals surface area contributed by atoms with Crippen LogP contribution in [0.3, 0.4) is 0 Å². The normalized spacial score (nSPS) is 16.2. The molecule has 4 aromatic heterocycles. The maximum atomic E-state index is 13.9. The van der Waals surface area contributed by atoms with E-state index < -0.39 is 18.1 Å². The minimum absolute atomic E-state index is 0.0814. The molecule has 184 valence electrons. The highest BCUT2D eigenvalue weighted by Crippen LogP contribution is 2.40. The second kappa shape index (κ2) is 8.21. The third-order valence-electron chi connectivity index (χ3n) is 6.52. The van der Waals surface area contributed by atoms with Gasteiger partial charge < -0.3 is 0 Å². The number of anilines is 1. The number of carbonyl (C=O) groups is 1. The lowest BCUT2D eigenvalue weighted by molar-refractivity contribution is -0.172. The van der Waals surface area contributed by atoms with Gasteiger partial charge in [0, 0.05) is 37.5 Å². The number of carbonyl (C=O) groups excluding carboxylic acids is 1. The fourth-order valence-corrected chi connectivity index (χ4v) is 4.68. The zero-order valence-electron chi connectivity index (χ0n) is 19.8. The van der Waals surface area contributed by atoms with Crippen molar-refractivity contribution in [2.24, 2.45) is 7.05 Å². The summed E-state index contributed by atoms with van der Waals surface area (Å²) >= 11 is 0. The molecule has 1 amide bonds. The monoisotopic (exact) mass is 486 g/mol. The Bertz CT molecular complexity index is 1430. The first-order chi connectivity index (χ1) is 16.6. The van der Waals surface area contributed by atoms with E-state index in [0.29, 0.717) is 34.5 Å². The molecule has 0 aromatic carbocycles.